The molecular formula is C14H14F2N2O2. The van der Waals surface area contributed by atoms with Gasteiger partial charge >= 0.3 is 0 Å². The van der Waals surface area contributed by atoms with Crippen LogP contribution >= 0.6 is 0 Å². The molecule has 1 aromatic heterocycles. The van der Waals surface area contributed by atoms with E-state index in [0.717, 1.165) is 17.9 Å². The van der Waals surface area contributed by atoms with Crippen molar-refractivity contribution in [3.05, 3.63) is 53.5 Å². The van der Waals surface area contributed by atoms with Crippen LogP contribution < -0.4 is 10.6 Å². The molecule has 2 N–H and O–H groups in total. The fourth-order valence-corrected chi connectivity index (χ4v) is 1.80. The number of hydrogen-bond donors (Lipinski definition) is 2. The summed E-state index contributed by atoms with van der Waals surface area (Å²) in [6, 6.07) is 5.53. The van der Waals surface area contributed by atoms with Crippen LogP contribution in [-0.2, 0) is 6.42 Å². The zero-order valence-electron chi connectivity index (χ0n) is 10.9. The van der Waals surface area contributed by atoms with E-state index >= 15 is 0 Å². The molecule has 1 aromatic carbocycles. The van der Waals surface area contributed by atoms with Crippen LogP contribution in [-0.4, -0.2) is 19.5 Å². The second-order valence-electron chi connectivity index (χ2n) is 4.15. The number of hydrogen-bond acceptors (Lipinski definition) is 3. The standard InChI is InChI=1S/C14H14F2N2O2/c1-17-13-11(15)7-9(8-12(13)16)14(19)18-5-4-10-3-2-6-20-10/h2-3,6-8,17H,4-5H2,1H3,(H,18,19). The Hall–Kier alpha value is -2.37. The monoisotopic (exact) mass is 280 g/mol. The third kappa shape index (κ3) is 3.14. The molecule has 0 radical (unpaired) electrons. The van der Waals surface area contributed by atoms with E-state index in [1.54, 1.807) is 18.4 Å². The lowest BCUT2D eigenvalue weighted by molar-refractivity contribution is 0.0953. The number of rotatable bonds is 5. The molecule has 1 heterocycles. The van der Waals surface area contributed by atoms with Gasteiger partial charge in [0.15, 0.2) is 0 Å². The van der Waals surface area contributed by atoms with E-state index in [1.165, 1.54) is 7.05 Å². The lowest BCUT2D eigenvalue weighted by atomic mass is 10.1. The molecule has 6 heteroatoms. The molecule has 0 spiro atoms. The van der Waals surface area contributed by atoms with Gasteiger partial charge in [0, 0.05) is 25.6 Å². The molecule has 20 heavy (non-hydrogen) atoms. The Kier molecular flexibility index (Phi) is 4.34. The Morgan fingerprint density at radius 2 is 2.00 bits per heavy atom. The Morgan fingerprint density at radius 3 is 2.55 bits per heavy atom. The van der Waals surface area contributed by atoms with Crippen LogP contribution in [0.1, 0.15) is 16.1 Å². The van der Waals surface area contributed by atoms with Crippen molar-refractivity contribution in [3.8, 4) is 0 Å². The lowest BCUT2D eigenvalue weighted by Crippen LogP contribution is -2.26. The van der Waals surface area contributed by atoms with Crippen molar-refractivity contribution in [2.75, 3.05) is 18.9 Å². The van der Waals surface area contributed by atoms with Crippen LogP contribution in [0.4, 0.5) is 14.5 Å². The van der Waals surface area contributed by atoms with Gasteiger partial charge in [-0.2, -0.15) is 0 Å². The van der Waals surface area contributed by atoms with E-state index in [0.29, 0.717) is 13.0 Å². The van der Waals surface area contributed by atoms with Gasteiger partial charge in [0.2, 0.25) is 0 Å². The van der Waals surface area contributed by atoms with E-state index in [9.17, 15) is 13.6 Å². The van der Waals surface area contributed by atoms with Crippen LogP contribution in [0, 0.1) is 11.6 Å². The summed E-state index contributed by atoms with van der Waals surface area (Å²) in [5, 5.41) is 4.97. The average molecular weight is 280 g/mol. The summed E-state index contributed by atoms with van der Waals surface area (Å²) < 4.78 is 32.1. The van der Waals surface area contributed by atoms with Crippen LogP contribution in [0.25, 0.3) is 0 Å². The van der Waals surface area contributed by atoms with E-state index in [2.05, 4.69) is 10.6 Å². The van der Waals surface area contributed by atoms with Gasteiger partial charge in [0.05, 0.1) is 6.26 Å². The molecule has 0 aliphatic heterocycles. The average Bonchev–Trinajstić information content (AvgIpc) is 2.91. The number of amides is 1. The SMILES string of the molecule is CNc1c(F)cc(C(=O)NCCc2ccco2)cc1F. The van der Waals surface area contributed by atoms with E-state index in [1.807, 2.05) is 0 Å². The molecule has 106 valence electrons. The Balaban J connectivity index is 1.99. The van der Waals surface area contributed by atoms with E-state index in [4.69, 9.17) is 4.42 Å². The number of nitrogens with one attached hydrogen (secondary N) is 2. The van der Waals surface area contributed by atoms with Crippen LogP contribution in [0.15, 0.2) is 34.9 Å². The van der Waals surface area contributed by atoms with Crippen molar-refractivity contribution in [1.29, 1.82) is 0 Å². The number of anilines is 1. The highest BCUT2D eigenvalue weighted by Crippen LogP contribution is 2.20. The number of benzene rings is 1. The maximum atomic E-state index is 13.5. The summed E-state index contributed by atoms with van der Waals surface area (Å²) in [5.41, 5.74) is -0.310. The molecule has 4 nitrogen and oxygen atoms in total. The van der Waals surface area contributed by atoms with Gasteiger partial charge in [-0.15, -0.1) is 0 Å². The van der Waals surface area contributed by atoms with Crippen molar-refractivity contribution >= 4 is 11.6 Å². The first-order chi connectivity index (χ1) is 9.61. The van der Waals surface area contributed by atoms with E-state index in [-0.39, 0.29) is 11.3 Å². The van der Waals surface area contributed by atoms with Crippen molar-refractivity contribution in [2.24, 2.45) is 0 Å². The summed E-state index contributed by atoms with van der Waals surface area (Å²) in [6.45, 7) is 0.323. The first-order valence-electron chi connectivity index (χ1n) is 6.09. The number of furan rings is 1. The maximum absolute atomic E-state index is 13.5. The third-order valence-corrected chi connectivity index (χ3v) is 2.79. The van der Waals surface area contributed by atoms with Gasteiger partial charge in [-0.1, -0.05) is 0 Å². The fourth-order valence-electron chi connectivity index (χ4n) is 1.80. The highest BCUT2D eigenvalue weighted by Gasteiger charge is 2.14. The molecule has 0 aliphatic carbocycles. The summed E-state index contributed by atoms with van der Waals surface area (Å²) >= 11 is 0. The second-order valence-corrected chi connectivity index (χ2v) is 4.15. The number of halogens is 2. The molecule has 0 aliphatic rings. The van der Waals surface area contributed by atoms with Gasteiger partial charge < -0.3 is 15.1 Å². The molecular weight excluding hydrogens is 266 g/mol. The summed E-state index contributed by atoms with van der Waals surface area (Å²) in [4.78, 5) is 11.8. The summed E-state index contributed by atoms with van der Waals surface area (Å²) in [5.74, 6) is -1.41. The van der Waals surface area contributed by atoms with Gasteiger partial charge in [-0.05, 0) is 24.3 Å². The molecule has 1 amide bonds. The van der Waals surface area contributed by atoms with Gasteiger partial charge in [-0.25, -0.2) is 8.78 Å². The Labute approximate surface area is 114 Å². The zero-order chi connectivity index (χ0) is 14.5. The minimum absolute atomic E-state index is 0.0570. The lowest BCUT2D eigenvalue weighted by Gasteiger charge is -2.08. The maximum Gasteiger partial charge on any atom is 0.251 e. The molecule has 0 bridgehead atoms. The van der Waals surface area contributed by atoms with Gasteiger partial charge in [0.1, 0.15) is 23.1 Å². The van der Waals surface area contributed by atoms with Gasteiger partial charge in [-0.3, -0.25) is 4.79 Å². The molecule has 0 saturated carbocycles. The highest BCUT2D eigenvalue weighted by molar-refractivity contribution is 5.94. The fraction of sp³-hybridized carbons (Fsp3) is 0.214. The smallest absolute Gasteiger partial charge is 0.251 e. The zero-order valence-corrected chi connectivity index (χ0v) is 10.9. The van der Waals surface area contributed by atoms with E-state index < -0.39 is 17.5 Å². The predicted molar refractivity (Wildman–Crippen MR) is 70.6 cm³/mol. The molecule has 0 atom stereocenters. The first-order valence-corrected chi connectivity index (χ1v) is 6.09. The Morgan fingerprint density at radius 1 is 1.30 bits per heavy atom. The first kappa shape index (κ1) is 14.0. The number of carbonyl (C=O) groups excluding carboxylic acids is 1. The minimum Gasteiger partial charge on any atom is -0.469 e. The topological polar surface area (TPSA) is 54.3 Å². The minimum atomic E-state index is -0.802. The van der Waals surface area contributed by atoms with Crippen LogP contribution in [0.2, 0.25) is 0 Å². The molecule has 0 unspecified atom stereocenters. The molecule has 0 saturated heterocycles. The van der Waals surface area contributed by atoms with Crippen LogP contribution in [0.5, 0.6) is 0 Å². The third-order valence-electron chi connectivity index (χ3n) is 2.79. The normalized spacial score (nSPS) is 10.3. The van der Waals surface area contributed by atoms with Crippen molar-refractivity contribution in [3.63, 3.8) is 0 Å². The summed E-state index contributed by atoms with van der Waals surface area (Å²) in [7, 11) is 1.41. The second kappa shape index (κ2) is 6.18. The Bertz CT molecular complexity index is 574. The molecule has 0 fully saturated rings. The largest absolute Gasteiger partial charge is 0.469 e. The molecule has 2 rings (SSSR count). The van der Waals surface area contributed by atoms with Crippen LogP contribution in [0.3, 0.4) is 0 Å². The number of carbonyl (C=O) groups is 1. The van der Waals surface area contributed by atoms with Crippen molar-refractivity contribution < 1.29 is 18.0 Å². The quantitative estimate of drug-likeness (QED) is 0.885. The predicted octanol–water partition coefficient (Wildman–Crippen LogP) is 2.57. The highest BCUT2D eigenvalue weighted by atomic mass is 19.1. The molecule has 2 aromatic rings. The summed E-state index contributed by atoms with van der Waals surface area (Å²) in [6.07, 6.45) is 2.05. The van der Waals surface area contributed by atoms with Gasteiger partial charge in [0.25, 0.3) is 5.91 Å². The van der Waals surface area contributed by atoms with Crippen molar-refractivity contribution in [1.82, 2.24) is 5.32 Å². The van der Waals surface area contributed by atoms with Crippen molar-refractivity contribution in [2.45, 2.75) is 6.42 Å².